The third kappa shape index (κ3) is 4.91. The van der Waals surface area contributed by atoms with Crippen molar-refractivity contribution in [3.63, 3.8) is 0 Å². The molecule has 0 rings (SSSR count). The van der Waals surface area contributed by atoms with E-state index in [9.17, 15) is 0 Å². The molecule has 0 aliphatic heterocycles. The molecule has 0 saturated heterocycles. The lowest BCUT2D eigenvalue weighted by Crippen LogP contribution is -1.98. The van der Waals surface area contributed by atoms with Crippen LogP contribution in [0.3, 0.4) is 0 Å². The van der Waals surface area contributed by atoms with Gasteiger partial charge in [0.05, 0.1) is 0 Å². The summed E-state index contributed by atoms with van der Waals surface area (Å²) in [4.78, 5) is 0. The summed E-state index contributed by atoms with van der Waals surface area (Å²) in [6.07, 6.45) is 5.33. The molecule has 1 nitrogen and oxygen atoms in total. The number of hydrogen-bond donors (Lipinski definition) is 1. The Kier molecular flexibility index (Phi) is 4.05. The second-order valence-electron chi connectivity index (χ2n) is 2.05. The van der Waals surface area contributed by atoms with Crippen molar-refractivity contribution in [1.82, 2.24) is 5.32 Å². The van der Waals surface area contributed by atoms with Crippen molar-refractivity contribution >= 4 is 0 Å². The summed E-state index contributed by atoms with van der Waals surface area (Å²) in [6, 6.07) is 0. The summed E-state index contributed by atoms with van der Waals surface area (Å²) < 4.78 is 0. The predicted molar refractivity (Wildman–Crippen MR) is 46.4 cm³/mol. The molecule has 0 bridgehead atoms. The molecule has 0 spiro atoms. The van der Waals surface area contributed by atoms with Gasteiger partial charge in [-0.2, -0.15) is 0 Å². The zero-order valence-corrected chi connectivity index (χ0v) is 6.35. The van der Waals surface area contributed by atoms with Crippen molar-refractivity contribution in [2.45, 2.75) is 6.92 Å². The molecular formula is C9H13N. The van der Waals surface area contributed by atoms with Gasteiger partial charge in [0, 0.05) is 5.70 Å². The van der Waals surface area contributed by atoms with Gasteiger partial charge in [0.25, 0.3) is 0 Å². The van der Waals surface area contributed by atoms with E-state index >= 15 is 0 Å². The molecule has 0 amide bonds. The van der Waals surface area contributed by atoms with Gasteiger partial charge in [0.1, 0.15) is 0 Å². The summed E-state index contributed by atoms with van der Waals surface area (Å²) in [6.45, 7) is 12.8. The molecule has 0 radical (unpaired) electrons. The van der Waals surface area contributed by atoms with Crippen molar-refractivity contribution < 1.29 is 0 Å². The third-order valence-corrected chi connectivity index (χ3v) is 0.856. The van der Waals surface area contributed by atoms with Crippen molar-refractivity contribution in [1.29, 1.82) is 0 Å². The summed E-state index contributed by atoms with van der Waals surface area (Å²) in [5.74, 6) is 0. The first-order chi connectivity index (χ1) is 4.66. The van der Waals surface area contributed by atoms with Crippen LogP contribution in [0.15, 0.2) is 49.4 Å². The van der Waals surface area contributed by atoms with Crippen LogP contribution in [-0.2, 0) is 0 Å². The average Bonchev–Trinajstić information content (AvgIpc) is 1.85. The first-order valence-corrected chi connectivity index (χ1v) is 3.06. The Morgan fingerprint density at radius 2 is 1.90 bits per heavy atom. The van der Waals surface area contributed by atoms with Crippen molar-refractivity contribution in [2.75, 3.05) is 0 Å². The Morgan fingerprint density at radius 1 is 1.30 bits per heavy atom. The summed E-state index contributed by atoms with van der Waals surface area (Å²) in [5, 5.41) is 2.84. The standard InChI is InChI=1S/C9H13N/c1-5-10-9(4)7-6-8(2)3/h5-7,10H,1-2,4H2,3H3/b7-6-. The zero-order valence-electron chi connectivity index (χ0n) is 6.35. The van der Waals surface area contributed by atoms with Gasteiger partial charge in [0.15, 0.2) is 0 Å². The van der Waals surface area contributed by atoms with Gasteiger partial charge in [-0.05, 0) is 19.2 Å². The van der Waals surface area contributed by atoms with E-state index in [1.165, 1.54) is 0 Å². The fraction of sp³-hybridized carbons (Fsp3) is 0.111. The van der Waals surface area contributed by atoms with E-state index in [0.29, 0.717) is 0 Å². The van der Waals surface area contributed by atoms with Crippen LogP contribution in [0.25, 0.3) is 0 Å². The van der Waals surface area contributed by atoms with Gasteiger partial charge in [-0.25, -0.2) is 0 Å². The molecule has 0 unspecified atom stereocenters. The van der Waals surface area contributed by atoms with Crippen LogP contribution in [-0.4, -0.2) is 0 Å². The van der Waals surface area contributed by atoms with E-state index in [1.807, 2.05) is 19.1 Å². The van der Waals surface area contributed by atoms with E-state index in [-0.39, 0.29) is 0 Å². The van der Waals surface area contributed by atoms with E-state index in [2.05, 4.69) is 25.1 Å². The maximum atomic E-state index is 3.71. The first-order valence-electron chi connectivity index (χ1n) is 3.06. The summed E-state index contributed by atoms with van der Waals surface area (Å²) >= 11 is 0. The maximum Gasteiger partial charge on any atom is 0.0306 e. The van der Waals surface area contributed by atoms with E-state index < -0.39 is 0 Å². The normalized spacial score (nSPS) is 9.30. The molecule has 0 aliphatic carbocycles. The highest BCUT2D eigenvalue weighted by Crippen LogP contribution is 1.93. The Labute approximate surface area is 62.5 Å². The lowest BCUT2D eigenvalue weighted by atomic mass is 10.3. The molecular weight excluding hydrogens is 122 g/mol. The van der Waals surface area contributed by atoms with Crippen molar-refractivity contribution in [3.05, 3.63) is 49.4 Å². The summed E-state index contributed by atoms with van der Waals surface area (Å²) in [5.41, 5.74) is 1.82. The van der Waals surface area contributed by atoms with E-state index in [1.54, 1.807) is 6.20 Å². The first kappa shape index (κ1) is 8.76. The third-order valence-electron chi connectivity index (χ3n) is 0.856. The maximum absolute atomic E-state index is 3.71. The predicted octanol–water partition coefficient (Wildman–Crippen LogP) is 2.37. The lowest BCUT2D eigenvalue weighted by molar-refractivity contribution is 1.13. The van der Waals surface area contributed by atoms with Crippen LogP contribution in [0.2, 0.25) is 0 Å². The highest BCUT2D eigenvalue weighted by molar-refractivity contribution is 5.22. The van der Waals surface area contributed by atoms with Gasteiger partial charge >= 0.3 is 0 Å². The minimum atomic E-state index is 0.818. The molecule has 0 saturated carbocycles. The quantitative estimate of drug-likeness (QED) is 0.583. The van der Waals surface area contributed by atoms with Gasteiger partial charge in [-0.15, -0.1) is 0 Å². The Morgan fingerprint density at radius 3 is 2.30 bits per heavy atom. The second kappa shape index (κ2) is 4.62. The van der Waals surface area contributed by atoms with Gasteiger partial charge in [-0.1, -0.05) is 31.4 Å². The molecule has 0 aromatic heterocycles. The molecule has 1 heteroatoms. The van der Waals surface area contributed by atoms with Gasteiger partial charge in [-0.3, -0.25) is 0 Å². The largest absolute Gasteiger partial charge is 0.363 e. The highest BCUT2D eigenvalue weighted by Gasteiger charge is 1.79. The van der Waals surface area contributed by atoms with E-state index in [4.69, 9.17) is 0 Å². The van der Waals surface area contributed by atoms with Gasteiger partial charge < -0.3 is 5.32 Å². The molecule has 0 atom stereocenters. The van der Waals surface area contributed by atoms with Crippen LogP contribution >= 0.6 is 0 Å². The lowest BCUT2D eigenvalue weighted by Gasteiger charge is -1.95. The second-order valence-corrected chi connectivity index (χ2v) is 2.05. The average molecular weight is 135 g/mol. The molecule has 0 aromatic carbocycles. The fourth-order valence-corrected chi connectivity index (χ4v) is 0.422. The molecule has 0 fully saturated rings. The van der Waals surface area contributed by atoms with Crippen molar-refractivity contribution in [3.8, 4) is 0 Å². The number of nitrogens with one attached hydrogen (secondary N) is 1. The molecule has 10 heavy (non-hydrogen) atoms. The minimum absolute atomic E-state index is 0.818. The van der Waals surface area contributed by atoms with Gasteiger partial charge in [0.2, 0.25) is 0 Å². The van der Waals surface area contributed by atoms with Crippen molar-refractivity contribution in [2.24, 2.45) is 0 Å². The van der Waals surface area contributed by atoms with Crippen LogP contribution < -0.4 is 5.32 Å². The number of hydrogen-bond acceptors (Lipinski definition) is 1. The Balaban J connectivity index is 3.77. The van der Waals surface area contributed by atoms with Crippen LogP contribution in [0.1, 0.15) is 6.92 Å². The highest BCUT2D eigenvalue weighted by atomic mass is 14.8. The molecule has 1 N–H and O–H groups in total. The SMILES string of the molecule is C=CNC(=C)/C=C\C(=C)C. The fourth-order valence-electron chi connectivity index (χ4n) is 0.422. The number of rotatable bonds is 4. The smallest absolute Gasteiger partial charge is 0.0306 e. The summed E-state index contributed by atoms with van der Waals surface area (Å²) in [7, 11) is 0. The zero-order chi connectivity index (χ0) is 7.98. The molecule has 0 aliphatic rings. The van der Waals surface area contributed by atoms with Crippen LogP contribution in [0.5, 0.6) is 0 Å². The van der Waals surface area contributed by atoms with E-state index in [0.717, 1.165) is 11.3 Å². The molecule has 0 aromatic rings. The van der Waals surface area contributed by atoms with Crippen LogP contribution in [0, 0.1) is 0 Å². The number of allylic oxidation sites excluding steroid dienone is 3. The Bertz CT molecular complexity index is 175. The monoisotopic (exact) mass is 135 g/mol. The van der Waals surface area contributed by atoms with Crippen LogP contribution in [0.4, 0.5) is 0 Å². The topological polar surface area (TPSA) is 12.0 Å². The molecule has 54 valence electrons. The Hall–Kier alpha value is -1.24. The minimum Gasteiger partial charge on any atom is -0.363 e. The molecule has 0 heterocycles.